The summed E-state index contributed by atoms with van der Waals surface area (Å²) in [6.45, 7) is 4.80. The summed E-state index contributed by atoms with van der Waals surface area (Å²) < 4.78 is 5.74. The van der Waals surface area contributed by atoms with Gasteiger partial charge in [-0.25, -0.2) is 4.98 Å². The smallest absolute Gasteiger partial charge is 0.289 e. The third kappa shape index (κ3) is 3.59. The fourth-order valence-electron chi connectivity index (χ4n) is 2.33. The van der Waals surface area contributed by atoms with E-state index in [1.165, 1.54) is 18.3 Å². The molecule has 1 saturated heterocycles. The first-order valence-corrected chi connectivity index (χ1v) is 9.24. The van der Waals surface area contributed by atoms with E-state index in [2.05, 4.69) is 10.3 Å². The van der Waals surface area contributed by atoms with E-state index in [0.717, 1.165) is 35.2 Å². The van der Waals surface area contributed by atoms with E-state index in [0.29, 0.717) is 16.7 Å². The molecule has 6 nitrogen and oxygen atoms in total. The highest BCUT2D eigenvalue weighted by Gasteiger charge is 2.22. The van der Waals surface area contributed by atoms with Crippen molar-refractivity contribution in [3.8, 4) is 10.6 Å². The summed E-state index contributed by atoms with van der Waals surface area (Å²) in [5, 5.41) is 3.20. The Balaban J connectivity index is 1.80. The molecule has 2 aromatic heterocycles. The number of carbonyl (C=O) groups is 2. The van der Waals surface area contributed by atoms with Gasteiger partial charge < -0.3 is 14.6 Å². The molecular weight excluding hydrogens is 334 g/mol. The quantitative estimate of drug-likeness (QED) is 0.920. The SMILES string of the molecule is CC(=O)Nc1nc(C)c(-c2ccc(C(=O)N3CCSCC3)o2)s1. The fraction of sp³-hybridized carbons (Fsp3) is 0.400. The first-order valence-electron chi connectivity index (χ1n) is 7.27. The molecule has 0 atom stereocenters. The lowest BCUT2D eigenvalue weighted by Gasteiger charge is -2.25. The lowest BCUT2D eigenvalue weighted by Crippen LogP contribution is -2.37. The van der Waals surface area contributed by atoms with E-state index < -0.39 is 0 Å². The minimum absolute atomic E-state index is 0.0687. The first kappa shape index (κ1) is 16.1. The summed E-state index contributed by atoms with van der Waals surface area (Å²) >= 11 is 3.19. The van der Waals surface area contributed by atoms with Gasteiger partial charge in [-0.15, -0.1) is 0 Å². The molecule has 0 bridgehead atoms. The third-order valence-electron chi connectivity index (χ3n) is 3.42. The van der Waals surface area contributed by atoms with E-state index in [9.17, 15) is 9.59 Å². The molecule has 3 rings (SSSR count). The predicted molar refractivity (Wildman–Crippen MR) is 92.1 cm³/mol. The lowest BCUT2D eigenvalue weighted by molar-refractivity contribution is -0.114. The van der Waals surface area contributed by atoms with Gasteiger partial charge in [0, 0.05) is 31.5 Å². The van der Waals surface area contributed by atoms with E-state index in [-0.39, 0.29) is 11.8 Å². The van der Waals surface area contributed by atoms with E-state index in [1.54, 1.807) is 12.1 Å². The Bertz CT molecular complexity index is 732. The molecule has 0 spiro atoms. The Morgan fingerprint density at radius 1 is 1.30 bits per heavy atom. The number of thioether (sulfide) groups is 1. The molecule has 1 aliphatic rings. The standard InChI is InChI=1S/C15H17N3O3S2/c1-9-13(23-15(16-9)17-10(2)19)11-3-4-12(21-11)14(20)18-5-7-22-8-6-18/h3-4H,5-8H2,1-2H3,(H,16,17,19). The molecule has 1 aliphatic heterocycles. The van der Waals surface area contributed by atoms with Crippen LogP contribution < -0.4 is 5.32 Å². The second-order valence-electron chi connectivity index (χ2n) is 5.18. The molecule has 2 amide bonds. The van der Waals surface area contributed by atoms with E-state index >= 15 is 0 Å². The number of anilines is 1. The first-order chi connectivity index (χ1) is 11.0. The number of aryl methyl sites for hydroxylation is 1. The van der Waals surface area contributed by atoms with Gasteiger partial charge in [0.2, 0.25) is 5.91 Å². The van der Waals surface area contributed by atoms with Crippen LogP contribution in [-0.2, 0) is 4.79 Å². The largest absolute Gasteiger partial charge is 0.450 e. The molecule has 8 heteroatoms. The number of aromatic nitrogens is 1. The highest BCUT2D eigenvalue weighted by atomic mass is 32.2. The number of furan rings is 1. The molecule has 0 radical (unpaired) electrons. The van der Waals surface area contributed by atoms with Crippen LogP contribution in [0, 0.1) is 6.92 Å². The minimum atomic E-state index is -0.163. The van der Waals surface area contributed by atoms with Gasteiger partial charge in [0.25, 0.3) is 5.91 Å². The Kier molecular flexibility index (Phi) is 4.72. The average Bonchev–Trinajstić information content (AvgIpc) is 3.13. The molecule has 122 valence electrons. The molecule has 2 aromatic rings. The molecule has 0 aromatic carbocycles. The maximum atomic E-state index is 12.4. The fourth-order valence-corrected chi connectivity index (χ4v) is 4.20. The van der Waals surface area contributed by atoms with Crippen molar-refractivity contribution >= 4 is 40.0 Å². The molecule has 0 unspecified atom stereocenters. The van der Waals surface area contributed by atoms with Crippen molar-refractivity contribution in [3.63, 3.8) is 0 Å². The monoisotopic (exact) mass is 351 g/mol. The lowest BCUT2D eigenvalue weighted by atomic mass is 10.3. The topological polar surface area (TPSA) is 75.4 Å². The third-order valence-corrected chi connectivity index (χ3v) is 5.45. The second kappa shape index (κ2) is 6.76. The number of nitrogens with one attached hydrogen (secondary N) is 1. The summed E-state index contributed by atoms with van der Waals surface area (Å²) in [4.78, 5) is 30.5. The average molecular weight is 351 g/mol. The van der Waals surface area contributed by atoms with Gasteiger partial charge in [-0.05, 0) is 19.1 Å². The van der Waals surface area contributed by atoms with Crippen LogP contribution in [0.1, 0.15) is 23.2 Å². The zero-order valence-electron chi connectivity index (χ0n) is 12.9. The van der Waals surface area contributed by atoms with Crippen LogP contribution in [0.5, 0.6) is 0 Å². The summed E-state index contributed by atoms with van der Waals surface area (Å²) in [6.07, 6.45) is 0. The normalized spacial score (nSPS) is 14.8. The van der Waals surface area contributed by atoms with Crippen molar-refractivity contribution in [2.24, 2.45) is 0 Å². The van der Waals surface area contributed by atoms with Gasteiger partial charge in [-0.1, -0.05) is 11.3 Å². The Hall–Kier alpha value is -1.80. The van der Waals surface area contributed by atoms with E-state index in [4.69, 9.17) is 4.42 Å². The number of thiazole rings is 1. The molecule has 23 heavy (non-hydrogen) atoms. The van der Waals surface area contributed by atoms with Crippen LogP contribution in [-0.4, -0.2) is 46.3 Å². The number of rotatable bonds is 3. The van der Waals surface area contributed by atoms with Crippen LogP contribution in [0.4, 0.5) is 5.13 Å². The van der Waals surface area contributed by atoms with Crippen LogP contribution >= 0.6 is 23.1 Å². The van der Waals surface area contributed by atoms with Gasteiger partial charge in [0.1, 0.15) is 5.76 Å². The van der Waals surface area contributed by atoms with Crippen molar-refractivity contribution in [1.82, 2.24) is 9.88 Å². The van der Waals surface area contributed by atoms with Gasteiger partial charge >= 0.3 is 0 Å². The summed E-state index contributed by atoms with van der Waals surface area (Å²) in [6, 6.07) is 3.49. The Morgan fingerprint density at radius 3 is 2.74 bits per heavy atom. The number of hydrogen-bond donors (Lipinski definition) is 1. The molecule has 0 aliphatic carbocycles. The molecule has 1 N–H and O–H groups in total. The van der Waals surface area contributed by atoms with Crippen LogP contribution in [0.15, 0.2) is 16.5 Å². The van der Waals surface area contributed by atoms with Crippen molar-refractivity contribution in [3.05, 3.63) is 23.6 Å². The second-order valence-corrected chi connectivity index (χ2v) is 7.41. The highest BCUT2D eigenvalue weighted by Crippen LogP contribution is 2.34. The molecule has 0 saturated carbocycles. The van der Waals surface area contributed by atoms with E-state index in [1.807, 2.05) is 23.6 Å². The summed E-state index contributed by atoms with van der Waals surface area (Å²) in [5.41, 5.74) is 0.765. The minimum Gasteiger partial charge on any atom is -0.450 e. The number of carbonyl (C=O) groups excluding carboxylic acids is 2. The van der Waals surface area contributed by atoms with Gasteiger partial charge in [0.15, 0.2) is 10.9 Å². The number of amides is 2. The molecule has 1 fully saturated rings. The van der Waals surface area contributed by atoms with Crippen molar-refractivity contribution in [2.45, 2.75) is 13.8 Å². The Morgan fingerprint density at radius 2 is 2.04 bits per heavy atom. The zero-order valence-corrected chi connectivity index (χ0v) is 14.6. The van der Waals surface area contributed by atoms with Crippen LogP contribution in [0.3, 0.4) is 0 Å². The highest BCUT2D eigenvalue weighted by molar-refractivity contribution is 7.99. The predicted octanol–water partition coefficient (Wildman–Crippen LogP) is 2.86. The number of nitrogens with zero attached hydrogens (tertiary/aromatic N) is 2. The van der Waals surface area contributed by atoms with Crippen molar-refractivity contribution < 1.29 is 14.0 Å². The van der Waals surface area contributed by atoms with Crippen molar-refractivity contribution in [1.29, 1.82) is 0 Å². The van der Waals surface area contributed by atoms with Crippen LogP contribution in [0.2, 0.25) is 0 Å². The number of hydrogen-bond acceptors (Lipinski definition) is 6. The molecular formula is C15H17N3O3S2. The maximum Gasteiger partial charge on any atom is 0.289 e. The zero-order chi connectivity index (χ0) is 16.4. The van der Waals surface area contributed by atoms with Crippen LogP contribution in [0.25, 0.3) is 10.6 Å². The maximum absolute atomic E-state index is 12.4. The van der Waals surface area contributed by atoms with Gasteiger partial charge in [-0.3, -0.25) is 9.59 Å². The van der Waals surface area contributed by atoms with Gasteiger partial charge in [-0.2, -0.15) is 11.8 Å². The molecule has 3 heterocycles. The summed E-state index contributed by atoms with van der Waals surface area (Å²) in [5.74, 6) is 2.65. The van der Waals surface area contributed by atoms with Gasteiger partial charge in [0.05, 0.1) is 10.6 Å². The Labute approximate surface area is 142 Å². The summed E-state index contributed by atoms with van der Waals surface area (Å²) in [7, 11) is 0. The van der Waals surface area contributed by atoms with Crippen molar-refractivity contribution in [2.75, 3.05) is 29.9 Å².